The van der Waals surface area contributed by atoms with Crippen LogP contribution in [0.4, 0.5) is 19.0 Å². The van der Waals surface area contributed by atoms with Crippen molar-refractivity contribution in [1.82, 2.24) is 15.3 Å². The van der Waals surface area contributed by atoms with Crippen LogP contribution in [-0.2, 0) is 11.0 Å². The highest BCUT2D eigenvalue weighted by atomic mass is 32.2. The number of nitrogens with zero attached hydrogens (tertiary/aromatic N) is 3. The number of fused-ring (bicyclic) bond motifs is 1. The number of halogens is 3. The summed E-state index contributed by atoms with van der Waals surface area (Å²) < 4.78 is 43.5. The second kappa shape index (κ2) is 7.94. The van der Waals surface area contributed by atoms with Crippen LogP contribution in [-0.4, -0.2) is 40.8 Å². The number of thioether (sulfide) groups is 1. The minimum absolute atomic E-state index is 0.0872. The van der Waals surface area contributed by atoms with Gasteiger partial charge in [-0.2, -0.15) is 13.2 Å². The fourth-order valence-corrected chi connectivity index (χ4v) is 3.79. The predicted octanol–water partition coefficient (Wildman–Crippen LogP) is 3.73. The third-order valence-corrected chi connectivity index (χ3v) is 5.38. The second-order valence-electron chi connectivity index (χ2n) is 6.64. The van der Waals surface area contributed by atoms with E-state index in [-0.39, 0.29) is 17.7 Å². The lowest BCUT2D eigenvalue weighted by molar-refractivity contribution is -0.137. The summed E-state index contributed by atoms with van der Waals surface area (Å²) in [5.41, 5.74) is 0.637. The molecule has 0 saturated carbocycles. The zero-order valence-corrected chi connectivity index (χ0v) is 16.0. The number of pyridine rings is 1. The van der Waals surface area contributed by atoms with Gasteiger partial charge in [-0.3, -0.25) is 4.79 Å². The fraction of sp³-hybridized carbons (Fsp3) is 0.316. The maximum Gasteiger partial charge on any atom is 0.417 e. The third-order valence-electron chi connectivity index (χ3n) is 4.55. The lowest BCUT2D eigenvalue weighted by atomic mass is 10.2. The van der Waals surface area contributed by atoms with Crippen molar-refractivity contribution in [3.8, 4) is 0 Å². The average molecular weight is 422 g/mol. The molecule has 0 bridgehead atoms. The molecule has 1 unspecified atom stereocenters. The van der Waals surface area contributed by atoms with E-state index in [0.29, 0.717) is 36.1 Å². The van der Waals surface area contributed by atoms with E-state index in [1.165, 1.54) is 17.8 Å². The fourth-order valence-electron chi connectivity index (χ4n) is 3.14. The molecule has 6 nitrogen and oxygen atoms in total. The summed E-state index contributed by atoms with van der Waals surface area (Å²) in [6.45, 7) is 1.11. The highest BCUT2D eigenvalue weighted by molar-refractivity contribution is 7.99. The van der Waals surface area contributed by atoms with Crippen molar-refractivity contribution in [3.05, 3.63) is 48.2 Å². The molecule has 1 atom stereocenters. The Bertz CT molecular complexity index is 974. The van der Waals surface area contributed by atoms with Gasteiger partial charge in [0.2, 0.25) is 5.91 Å². The second-order valence-corrected chi connectivity index (χ2v) is 7.56. The van der Waals surface area contributed by atoms with Gasteiger partial charge in [-0.1, -0.05) is 23.9 Å². The molecule has 29 heavy (non-hydrogen) atoms. The van der Waals surface area contributed by atoms with Gasteiger partial charge in [-0.15, -0.1) is 0 Å². The molecule has 1 aliphatic heterocycles. The largest absolute Gasteiger partial charge is 0.431 e. The van der Waals surface area contributed by atoms with Gasteiger partial charge in [0, 0.05) is 25.3 Å². The number of carbonyl (C=O) groups is 1. The number of oxazole rings is 1. The number of nitrogens with one attached hydrogen (secondary N) is 1. The summed E-state index contributed by atoms with van der Waals surface area (Å²) in [4.78, 5) is 22.3. The summed E-state index contributed by atoms with van der Waals surface area (Å²) >= 11 is 1.22. The number of benzene rings is 1. The Labute approximate surface area is 168 Å². The van der Waals surface area contributed by atoms with E-state index >= 15 is 0 Å². The zero-order valence-electron chi connectivity index (χ0n) is 15.1. The Balaban J connectivity index is 1.27. The van der Waals surface area contributed by atoms with Gasteiger partial charge in [0.1, 0.15) is 11.3 Å². The number of rotatable bonds is 5. The number of hydrogen-bond donors (Lipinski definition) is 1. The summed E-state index contributed by atoms with van der Waals surface area (Å²) in [6.07, 6.45) is -2.88. The van der Waals surface area contributed by atoms with E-state index in [9.17, 15) is 18.0 Å². The number of aromatic nitrogens is 2. The summed E-state index contributed by atoms with van der Waals surface area (Å²) in [5, 5.41) is 3.37. The lowest BCUT2D eigenvalue weighted by Crippen LogP contribution is -2.38. The number of alkyl halides is 3. The highest BCUT2D eigenvalue weighted by Crippen LogP contribution is 2.30. The van der Waals surface area contributed by atoms with E-state index in [4.69, 9.17) is 4.42 Å². The van der Waals surface area contributed by atoms with Gasteiger partial charge in [-0.25, -0.2) is 9.97 Å². The van der Waals surface area contributed by atoms with Crippen molar-refractivity contribution in [2.75, 3.05) is 23.7 Å². The van der Waals surface area contributed by atoms with Gasteiger partial charge < -0.3 is 14.6 Å². The number of anilines is 1. The summed E-state index contributed by atoms with van der Waals surface area (Å²) in [6, 6.07) is 9.66. The predicted molar refractivity (Wildman–Crippen MR) is 103 cm³/mol. The van der Waals surface area contributed by atoms with Crippen LogP contribution in [0.15, 0.2) is 52.2 Å². The topological polar surface area (TPSA) is 71.3 Å². The van der Waals surface area contributed by atoms with Gasteiger partial charge in [0.25, 0.3) is 5.22 Å². The van der Waals surface area contributed by atoms with Crippen LogP contribution in [0.5, 0.6) is 0 Å². The van der Waals surface area contributed by atoms with Crippen LogP contribution in [0.2, 0.25) is 0 Å². The molecule has 1 saturated heterocycles. The molecule has 1 amide bonds. The van der Waals surface area contributed by atoms with Crippen LogP contribution in [0.3, 0.4) is 0 Å². The summed E-state index contributed by atoms with van der Waals surface area (Å²) in [7, 11) is 0. The minimum atomic E-state index is -4.40. The molecule has 1 fully saturated rings. The molecule has 2 aromatic heterocycles. The maximum atomic E-state index is 12.6. The van der Waals surface area contributed by atoms with Crippen molar-refractivity contribution in [2.24, 2.45) is 0 Å². The molecule has 1 N–H and O–H groups in total. The lowest BCUT2D eigenvalue weighted by Gasteiger charge is -2.18. The first-order valence-corrected chi connectivity index (χ1v) is 9.93. The minimum Gasteiger partial charge on any atom is -0.431 e. The van der Waals surface area contributed by atoms with Crippen LogP contribution in [0, 0.1) is 0 Å². The van der Waals surface area contributed by atoms with Crippen LogP contribution in [0.1, 0.15) is 12.0 Å². The molecule has 3 heterocycles. The monoisotopic (exact) mass is 422 g/mol. The molecule has 10 heteroatoms. The SMILES string of the molecule is O=C(CSc1nc2ccccc2o1)NC1CCN(c2ccc(C(F)(F)F)cn2)C1. The number of hydrogen-bond acceptors (Lipinski definition) is 6. The average Bonchev–Trinajstić information content (AvgIpc) is 3.32. The Morgan fingerprint density at radius 3 is 2.83 bits per heavy atom. The molecule has 1 aliphatic rings. The smallest absolute Gasteiger partial charge is 0.417 e. The highest BCUT2D eigenvalue weighted by Gasteiger charge is 2.31. The van der Waals surface area contributed by atoms with E-state index < -0.39 is 11.7 Å². The van der Waals surface area contributed by atoms with Gasteiger partial charge in [-0.05, 0) is 30.7 Å². The van der Waals surface area contributed by atoms with Crippen molar-refractivity contribution < 1.29 is 22.4 Å². The molecule has 0 spiro atoms. The molecule has 4 rings (SSSR count). The Morgan fingerprint density at radius 1 is 1.28 bits per heavy atom. The zero-order chi connectivity index (χ0) is 20.4. The first-order valence-electron chi connectivity index (χ1n) is 8.94. The standard InChI is InChI=1S/C19H17F3N4O2S/c20-19(21,22)12-5-6-16(23-9-12)26-8-7-13(10-26)24-17(27)11-29-18-25-14-3-1-2-4-15(14)28-18/h1-6,9,13H,7-8,10-11H2,(H,24,27). The molecular weight excluding hydrogens is 405 g/mol. The van der Waals surface area contributed by atoms with Gasteiger partial charge in [0.05, 0.1) is 11.3 Å². The number of amides is 1. The van der Waals surface area contributed by atoms with Crippen molar-refractivity contribution in [3.63, 3.8) is 0 Å². The van der Waals surface area contributed by atoms with Crippen LogP contribution < -0.4 is 10.2 Å². The van der Waals surface area contributed by atoms with E-state index in [2.05, 4.69) is 15.3 Å². The number of para-hydroxylation sites is 2. The van der Waals surface area contributed by atoms with Crippen molar-refractivity contribution in [1.29, 1.82) is 0 Å². The third kappa shape index (κ3) is 4.64. The van der Waals surface area contributed by atoms with Crippen molar-refractivity contribution in [2.45, 2.75) is 23.9 Å². The molecule has 0 aliphatic carbocycles. The van der Waals surface area contributed by atoms with E-state index in [0.717, 1.165) is 17.8 Å². The first kappa shape index (κ1) is 19.6. The van der Waals surface area contributed by atoms with Crippen molar-refractivity contribution >= 4 is 34.6 Å². The summed E-state index contributed by atoms with van der Waals surface area (Å²) in [5.74, 6) is 0.488. The van der Waals surface area contributed by atoms with Gasteiger partial charge >= 0.3 is 6.18 Å². The molecule has 1 aromatic carbocycles. The molecular formula is C19H17F3N4O2S. The van der Waals surface area contributed by atoms with E-state index in [1.807, 2.05) is 29.2 Å². The first-order chi connectivity index (χ1) is 13.9. The molecule has 0 radical (unpaired) electrons. The van der Waals surface area contributed by atoms with Crippen LogP contribution in [0.25, 0.3) is 11.1 Å². The Hall–Kier alpha value is -2.75. The molecule has 152 valence electrons. The quantitative estimate of drug-likeness (QED) is 0.632. The maximum absolute atomic E-state index is 12.6. The number of carbonyl (C=O) groups excluding carboxylic acids is 1. The Morgan fingerprint density at radius 2 is 2.10 bits per heavy atom. The van der Waals surface area contributed by atoms with Gasteiger partial charge in [0.15, 0.2) is 5.58 Å². The van der Waals surface area contributed by atoms with Crippen LogP contribution >= 0.6 is 11.8 Å². The van der Waals surface area contributed by atoms with E-state index in [1.54, 1.807) is 0 Å². The normalized spacial score (nSPS) is 17.1. The molecule has 3 aromatic rings. The Kier molecular flexibility index (Phi) is 5.35.